The molecule has 0 saturated carbocycles. The van der Waals surface area contributed by atoms with Crippen molar-refractivity contribution in [2.75, 3.05) is 0 Å². The first-order chi connectivity index (χ1) is 3.79. The van der Waals surface area contributed by atoms with Gasteiger partial charge in [0.25, 0.3) is 0 Å². The molecule has 44 valence electrons. The third-order valence-electron chi connectivity index (χ3n) is 0.824. The number of hydrogen-bond donors (Lipinski definition) is 0. The zero-order chi connectivity index (χ0) is 5.98. The van der Waals surface area contributed by atoms with Crippen molar-refractivity contribution in [2.45, 2.75) is 0 Å². The van der Waals surface area contributed by atoms with E-state index in [1.165, 1.54) is 24.3 Å². The number of hydrogen-bond acceptors (Lipinski definition) is 2. The minimum absolute atomic E-state index is 0. The third-order valence-corrected chi connectivity index (χ3v) is 0.824. The summed E-state index contributed by atoms with van der Waals surface area (Å²) in [5, 5.41) is 0. The molecule has 3 heteroatoms. The molecule has 0 amide bonds. The standard InChI is InChI=1S/C6H4O2.Pb/c7-5-1-2-6(8)4-3-5;/h1-4H;. The van der Waals surface area contributed by atoms with Gasteiger partial charge in [-0.15, -0.1) is 0 Å². The second kappa shape index (κ2) is 3.71. The molecule has 0 aliphatic heterocycles. The Hall–Kier alpha value is -0.258. The predicted octanol–water partition coefficient (Wildman–Crippen LogP) is -0.130. The van der Waals surface area contributed by atoms with Crippen molar-refractivity contribution >= 4 is 38.9 Å². The summed E-state index contributed by atoms with van der Waals surface area (Å²) in [6.07, 6.45) is 5.01. The smallest absolute Gasteiger partial charge is 0.178 e. The maximum atomic E-state index is 10.3. The first kappa shape index (κ1) is 8.74. The summed E-state index contributed by atoms with van der Waals surface area (Å²) in [5.41, 5.74) is 0. The summed E-state index contributed by atoms with van der Waals surface area (Å²) in [7, 11) is 0. The van der Waals surface area contributed by atoms with E-state index in [9.17, 15) is 9.59 Å². The van der Waals surface area contributed by atoms with Gasteiger partial charge in [-0.3, -0.25) is 9.59 Å². The molecule has 1 aliphatic rings. The molecule has 0 fully saturated rings. The Bertz CT molecular complexity index is 153. The van der Waals surface area contributed by atoms with Crippen LogP contribution in [0.2, 0.25) is 0 Å². The Morgan fingerprint density at radius 2 is 1.00 bits per heavy atom. The van der Waals surface area contributed by atoms with E-state index in [1.54, 1.807) is 0 Å². The maximum absolute atomic E-state index is 10.3. The monoisotopic (exact) mass is 316 g/mol. The molecule has 9 heavy (non-hydrogen) atoms. The largest absolute Gasteiger partial charge is 0.290 e. The van der Waals surface area contributed by atoms with Crippen LogP contribution in [0, 0.1) is 0 Å². The molecule has 0 unspecified atom stereocenters. The minimum Gasteiger partial charge on any atom is -0.290 e. The fourth-order valence-corrected chi connectivity index (χ4v) is 0.440. The molecular formula is C6H4O2Pb. The van der Waals surface area contributed by atoms with Crippen LogP contribution in [0.3, 0.4) is 0 Å². The van der Waals surface area contributed by atoms with Crippen LogP contribution in [0.4, 0.5) is 0 Å². The molecule has 0 spiro atoms. The van der Waals surface area contributed by atoms with E-state index in [0.717, 1.165) is 0 Å². The average molecular weight is 315 g/mol. The topological polar surface area (TPSA) is 34.1 Å². The van der Waals surface area contributed by atoms with Crippen LogP contribution in [0.5, 0.6) is 0 Å². The van der Waals surface area contributed by atoms with Crippen molar-refractivity contribution in [2.24, 2.45) is 0 Å². The summed E-state index contributed by atoms with van der Waals surface area (Å²) in [6.45, 7) is 0. The van der Waals surface area contributed by atoms with Crippen molar-refractivity contribution < 1.29 is 9.59 Å². The predicted molar refractivity (Wildman–Crippen MR) is 34.0 cm³/mol. The van der Waals surface area contributed by atoms with E-state index < -0.39 is 0 Å². The second-order valence-corrected chi connectivity index (χ2v) is 1.47. The molecule has 0 aromatic rings. The maximum Gasteiger partial charge on any atom is 0.178 e. The van der Waals surface area contributed by atoms with E-state index in [4.69, 9.17) is 0 Å². The third kappa shape index (κ3) is 2.69. The quantitative estimate of drug-likeness (QED) is 0.461. The van der Waals surface area contributed by atoms with Gasteiger partial charge in [0.1, 0.15) is 0 Å². The van der Waals surface area contributed by atoms with Crippen LogP contribution in [0.1, 0.15) is 0 Å². The normalized spacial score (nSPS) is 15.6. The first-order valence-corrected chi connectivity index (χ1v) is 2.23. The van der Waals surface area contributed by atoms with Gasteiger partial charge in [-0.25, -0.2) is 0 Å². The van der Waals surface area contributed by atoms with Gasteiger partial charge < -0.3 is 0 Å². The van der Waals surface area contributed by atoms with Crippen LogP contribution in [0.15, 0.2) is 24.3 Å². The van der Waals surface area contributed by atoms with Crippen LogP contribution in [-0.2, 0) is 9.59 Å². The molecule has 1 rings (SSSR count). The van der Waals surface area contributed by atoms with Crippen LogP contribution in [0.25, 0.3) is 0 Å². The van der Waals surface area contributed by atoms with E-state index >= 15 is 0 Å². The summed E-state index contributed by atoms with van der Waals surface area (Å²) < 4.78 is 0. The number of carbonyl (C=O) groups is 2. The number of carbonyl (C=O) groups excluding carboxylic acids is 2. The zero-order valence-corrected chi connectivity index (χ0v) is 8.51. The van der Waals surface area contributed by atoms with Gasteiger partial charge in [-0.1, -0.05) is 0 Å². The zero-order valence-electron chi connectivity index (χ0n) is 4.63. The fourth-order valence-electron chi connectivity index (χ4n) is 0.440. The molecule has 0 aromatic heterocycles. The van der Waals surface area contributed by atoms with Gasteiger partial charge >= 0.3 is 0 Å². The Labute approximate surface area is 72.8 Å². The van der Waals surface area contributed by atoms with Crippen LogP contribution >= 0.6 is 0 Å². The van der Waals surface area contributed by atoms with Crippen LogP contribution in [-0.4, -0.2) is 38.9 Å². The van der Waals surface area contributed by atoms with Crippen molar-refractivity contribution in [3.63, 3.8) is 0 Å². The van der Waals surface area contributed by atoms with Crippen LogP contribution < -0.4 is 0 Å². The van der Waals surface area contributed by atoms with Gasteiger partial charge in [0.15, 0.2) is 11.6 Å². The van der Waals surface area contributed by atoms with Crippen molar-refractivity contribution in [1.29, 1.82) is 0 Å². The minimum atomic E-state index is -0.121. The van der Waals surface area contributed by atoms with Gasteiger partial charge in [0.05, 0.1) is 0 Å². The summed E-state index contributed by atoms with van der Waals surface area (Å²) in [4.78, 5) is 20.6. The molecule has 0 N–H and O–H groups in total. The van der Waals surface area contributed by atoms with Crippen molar-refractivity contribution in [3.8, 4) is 0 Å². The number of allylic oxidation sites excluding steroid dienone is 4. The number of ketones is 2. The van der Waals surface area contributed by atoms with Gasteiger partial charge in [-0.05, 0) is 24.3 Å². The van der Waals surface area contributed by atoms with Gasteiger partial charge in [-0.2, -0.15) is 0 Å². The fraction of sp³-hybridized carbons (Fsp3) is 0. The molecule has 0 bridgehead atoms. The molecular weight excluding hydrogens is 311 g/mol. The van der Waals surface area contributed by atoms with Gasteiger partial charge in [0.2, 0.25) is 0 Å². The van der Waals surface area contributed by atoms with Crippen molar-refractivity contribution in [1.82, 2.24) is 0 Å². The second-order valence-electron chi connectivity index (χ2n) is 1.47. The SMILES string of the molecule is O=C1C=CC(=O)C=C1.[Pb]. The Morgan fingerprint density at radius 1 is 0.778 bits per heavy atom. The summed E-state index contributed by atoms with van der Waals surface area (Å²) in [5.74, 6) is -0.241. The Balaban J connectivity index is 0.000000640. The molecule has 0 atom stereocenters. The molecule has 4 radical (unpaired) electrons. The molecule has 0 aromatic carbocycles. The summed E-state index contributed by atoms with van der Waals surface area (Å²) >= 11 is 0. The van der Waals surface area contributed by atoms with E-state index in [2.05, 4.69) is 0 Å². The van der Waals surface area contributed by atoms with E-state index in [1.807, 2.05) is 0 Å². The first-order valence-electron chi connectivity index (χ1n) is 2.23. The Morgan fingerprint density at radius 3 is 1.22 bits per heavy atom. The van der Waals surface area contributed by atoms with E-state index in [-0.39, 0.29) is 38.9 Å². The number of rotatable bonds is 0. The van der Waals surface area contributed by atoms with E-state index in [0.29, 0.717) is 0 Å². The van der Waals surface area contributed by atoms with Gasteiger partial charge in [0, 0.05) is 27.3 Å². The average Bonchev–Trinajstić information content (AvgIpc) is 1.77. The molecule has 1 aliphatic carbocycles. The molecule has 0 heterocycles. The summed E-state index contributed by atoms with van der Waals surface area (Å²) in [6, 6.07) is 0. The molecule has 2 nitrogen and oxygen atoms in total. The Kier molecular flexibility index (Phi) is 3.60. The molecule has 0 saturated heterocycles. The van der Waals surface area contributed by atoms with Crippen molar-refractivity contribution in [3.05, 3.63) is 24.3 Å².